The van der Waals surface area contributed by atoms with Crippen LogP contribution in [0.4, 0.5) is 5.69 Å². The van der Waals surface area contributed by atoms with E-state index in [9.17, 15) is 9.59 Å². The summed E-state index contributed by atoms with van der Waals surface area (Å²) in [5.74, 6) is -1.46. The molecule has 0 saturated heterocycles. The minimum atomic E-state index is -1.21. The van der Waals surface area contributed by atoms with Crippen molar-refractivity contribution in [2.75, 3.05) is 18.5 Å². The first kappa shape index (κ1) is 19.1. The highest BCUT2D eigenvalue weighted by atomic mass is 35.5. The van der Waals surface area contributed by atoms with Crippen LogP contribution in [-0.2, 0) is 23.8 Å². The molecule has 1 atom stereocenters. The molecule has 0 aliphatic carbocycles. The van der Waals surface area contributed by atoms with Gasteiger partial charge in [0.25, 0.3) is 5.91 Å². The van der Waals surface area contributed by atoms with E-state index in [4.69, 9.17) is 37.4 Å². The average molecular weight is 408 g/mol. The summed E-state index contributed by atoms with van der Waals surface area (Å²) in [4.78, 5) is 25.1. The lowest BCUT2D eigenvalue weighted by Gasteiger charge is -2.20. The molecule has 0 aromatic heterocycles. The molecule has 2 aromatic rings. The lowest BCUT2D eigenvalue weighted by atomic mass is 10.1. The molecule has 1 amide bonds. The quantitative estimate of drug-likeness (QED) is 0.754. The van der Waals surface area contributed by atoms with Gasteiger partial charge in [-0.2, -0.15) is 0 Å². The Morgan fingerprint density at radius 1 is 1.04 bits per heavy atom. The summed E-state index contributed by atoms with van der Waals surface area (Å²) in [6.45, 7) is 0.569. The first-order valence-corrected chi connectivity index (χ1v) is 8.76. The molecule has 0 unspecified atom stereocenters. The Kier molecular flexibility index (Phi) is 6.21. The van der Waals surface area contributed by atoms with Gasteiger partial charge in [0.15, 0.2) is 0 Å². The molecule has 0 spiro atoms. The summed E-state index contributed by atoms with van der Waals surface area (Å²) in [5.41, 5.74) is 0.875. The molecule has 140 valence electrons. The predicted octanol–water partition coefficient (Wildman–Crippen LogP) is 4.10. The van der Waals surface area contributed by atoms with Crippen molar-refractivity contribution in [1.82, 2.24) is 0 Å². The summed E-state index contributed by atoms with van der Waals surface area (Å²) in [6.07, 6.45) is -0.0365. The summed E-state index contributed by atoms with van der Waals surface area (Å²) in [7, 11) is 0. The molecule has 1 heterocycles. The summed E-state index contributed by atoms with van der Waals surface area (Å²) >= 11 is 11.9. The maximum absolute atomic E-state index is 12.8. The van der Waals surface area contributed by atoms with Crippen molar-refractivity contribution in [3.63, 3.8) is 0 Å². The van der Waals surface area contributed by atoms with Crippen molar-refractivity contribution in [3.8, 4) is 0 Å². The number of hydrogen-bond donors (Lipinski definition) is 1. The lowest BCUT2D eigenvalue weighted by Crippen LogP contribution is -2.27. The fraction of sp³-hybridized carbons (Fsp3) is 0.158. The summed E-state index contributed by atoms with van der Waals surface area (Å²) in [6, 6.07) is 13.2. The molecule has 27 heavy (non-hydrogen) atoms. The number of benzene rings is 2. The van der Waals surface area contributed by atoms with Crippen LogP contribution in [-0.4, -0.2) is 25.1 Å². The third-order valence-corrected chi connectivity index (χ3v) is 3.98. The van der Waals surface area contributed by atoms with Crippen molar-refractivity contribution >= 4 is 40.8 Å². The van der Waals surface area contributed by atoms with Gasteiger partial charge in [-0.05, 0) is 18.2 Å². The van der Waals surface area contributed by atoms with Crippen LogP contribution in [0.5, 0.6) is 0 Å². The molecule has 1 aliphatic heterocycles. The van der Waals surface area contributed by atoms with Gasteiger partial charge in [0.05, 0.1) is 0 Å². The Morgan fingerprint density at radius 3 is 2.37 bits per heavy atom. The fourth-order valence-electron chi connectivity index (χ4n) is 2.38. The number of nitrogens with one attached hydrogen (secondary N) is 1. The van der Waals surface area contributed by atoms with E-state index in [1.54, 1.807) is 36.4 Å². The van der Waals surface area contributed by atoms with E-state index in [2.05, 4.69) is 5.32 Å². The monoisotopic (exact) mass is 407 g/mol. The first-order valence-electron chi connectivity index (χ1n) is 8.00. The largest absolute Gasteiger partial charge is 0.493 e. The maximum atomic E-state index is 12.8. The second kappa shape index (κ2) is 8.79. The van der Waals surface area contributed by atoms with Gasteiger partial charge in [-0.15, -0.1) is 0 Å². The van der Waals surface area contributed by atoms with Crippen LogP contribution in [0.3, 0.4) is 0 Å². The zero-order chi connectivity index (χ0) is 19.2. The third-order valence-electron chi connectivity index (χ3n) is 3.55. The van der Waals surface area contributed by atoms with E-state index < -0.39 is 18.0 Å². The average Bonchev–Trinajstić information content (AvgIpc) is 2.66. The Balaban J connectivity index is 1.82. The second-order valence-corrected chi connectivity index (χ2v) is 6.42. The maximum Gasteiger partial charge on any atom is 0.378 e. The van der Waals surface area contributed by atoms with Crippen molar-refractivity contribution in [1.29, 1.82) is 0 Å². The molecule has 1 aliphatic rings. The smallest absolute Gasteiger partial charge is 0.378 e. The molecule has 2 aromatic carbocycles. The molecule has 6 nitrogen and oxygen atoms in total. The number of hydrogen-bond acceptors (Lipinski definition) is 5. The van der Waals surface area contributed by atoms with Crippen molar-refractivity contribution < 1.29 is 23.8 Å². The number of amides is 1. The van der Waals surface area contributed by atoms with E-state index in [1.165, 1.54) is 18.4 Å². The lowest BCUT2D eigenvalue weighted by molar-refractivity contribution is -0.155. The van der Waals surface area contributed by atoms with Crippen LogP contribution in [0.25, 0.3) is 0 Å². The minimum Gasteiger partial charge on any atom is -0.493 e. The molecular weight excluding hydrogens is 393 g/mol. The second-order valence-electron chi connectivity index (χ2n) is 5.54. The fourth-order valence-corrected chi connectivity index (χ4v) is 2.90. The van der Waals surface area contributed by atoms with Crippen LogP contribution in [0, 0.1) is 0 Å². The Hall–Kier alpha value is -2.70. The van der Waals surface area contributed by atoms with Gasteiger partial charge >= 0.3 is 5.97 Å². The third kappa shape index (κ3) is 5.15. The van der Waals surface area contributed by atoms with Crippen molar-refractivity contribution in [3.05, 3.63) is 76.2 Å². The van der Waals surface area contributed by atoms with Crippen LogP contribution in [0.2, 0.25) is 10.0 Å². The van der Waals surface area contributed by atoms with Gasteiger partial charge in [0.2, 0.25) is 11.9 Å². The Bertz CT molecular complexity index is 849. The van der Waals surface area contributed by atoms with Crippen molar-refractivity contribution in [2.24, 2.45) is 0 Å². The van der Waals surface area contributed by atoms with Gasteiger partial charge in [0, 0.05) is 21.3 Å². The Labute approximate surface area is 165 Å². The number of ether oxygens (including phenoxy) is 3. The van der Waals surface area contributed by atoms with E-state index in [-0.39, 0.29) is 12.4 Å². The highest BCUT2D eigenvalue weighted by molar-refractivity contribution is 6.35. The number of esters is 1. The summed E-state index contributed by atoms with van der Waals surface area (Å²) in [5, 5.41) is 3.38. The molecule has 1 N–H and O–H groups in total. The number of halogens is 2. The number of rotatable bonds is 5. The van der Waals surface area contributed by atoms with Crippen LogP contribution in [0.1, 0.15) is 11.7 Å². The molecule has 0 bridgehead atoms. The molecule has 0 saturated carbocycles. The van der Waals surface area contributed by atoms with E-state index in [1.807, 2.05) is 0 Å². The predicted molar refractivity (Wildman–Crippen MR) is 100 cm³/mol. The van der Waals surface area contributed by atoms with Gasteiger partial charge in [-0.3, -0.25) is 4.79 Å². The zero-order valence-corrected chi connectivity index (χ0v) is 15.5. The molecular formula is C19H15Cl2NO5. The molecule has 8 heteroatoms. The first-order chi connectivity index (χ1) is 13.0. The van der Waals surface area contributed by atoms with Crippen LogP contribution in [0.15, 0.2) is 60.6 Å². The van der Waals surface area contributed by atoms with E-state index in [0.29, 0.717) is 27.9 Å². The van der Waals surface area contributed by atoms with Gasteiger partial charge in [0.1, 0.15) is 19.5 Å². The topological polar surface area (TPSA) is 73.9 Å². The molecule has 0 fully saturated rings. The van der Waals surface area contributed by atoms with E-state index in [0.717, 1.165) is 0 Å². The van der Waals surface area contributed by atoms with Crippen LogP contribution < -0.4 is 5.32 Å². The number of carbonyl (C=O) groups excluding carboxylic acids is 2. The Morgan fingerprint density at radius 2 is 1.74 bits per heavy atom. The number of anilines is 1. The van der Waals surface area contributed by atoms with Gasteiger partial charge in [-0.1, -0.05) is 53.5 Å². The van der Waals surface area contributed by atoms with Gasteiger partial charge < -0.3 is 19.5 Å². The molecule has 3 rings (SSSR count). The highest BCUT2D eigenvalue weighted by Crippen LogP contribution is 2.26. The SMILES string of the molecule is O=C(O[C@@H](C(=O)Nc1cc(Cl)cc(Cl)c1)c1ccccc1)C1=COCCO1. The number of carbonyl (C=O) groups is 2. The van der Waals surface area contributed by atoms with Crippen LogP contribution >= 0.6 is 23.2 Å². The minimum absolute atomic E-state index is 0.0965. The highest BCUT2D eigenvalue weighted by Gasteiger charge is 2.28. The summed E-state index contributed by atoms with van der Waals surface area (Å²) < 4.78 is 15.6. The standard InChI is InChI=1S/C19H15Cl2NO5/c20-13-8-14(21)10-15(9-13)22-18(23)17(12-4-2-1-3-5-12)27-19(24)16-11-25-6-7-26-16/h1-5,8-11,17H,6-7H2,(H,22,23)/t17-/m1/s1. The normalized spacial score (nSPS) is 14.2. The zero-order valence-electron chi connectivity index (χ0n) is 14.0. The van der Waals surface area contributed by atoms with E-state index >= 15 is 0 Å². The van der Waals surface area contributed by atoms with Crippen molar-refractivity contribution in [2.45, 2.75) is 6.10 Å². The molecule has 0 radical (unpaired) electrons. The van der Waals surface area contributed by atoms with Gasteiger partial charge in [-0.25, -0.2) is 4.79 Å².